The number of hydrogen-bond donors (Lipinski definition) is 2. The predicted octanol–water partition coefficient (Wildman–Crippen LogP) is 2.41. The van der Waals surface area contributed by atoms with Crippen LogP contribution in [0, 0.1) is 5.92 Å². The second kappa shape index (κ2) is 11.6. The zero-order chi connectivity index (χ0) is 21.6. The van der Waals surface area contributed by atoms with Crippen molar-refractivity contribution in [1.82, 2.24) is 25.3 Å². The van der Waals surface area contributed by atoms with Crippen LogP contribution in [-0.2, 0) is 9.47 Å². The van der Waals surface area contributed by atoms with E-state index >= 15 is 0 Å². The third-order valence-corrected chi connectivity index (χ3v) is 5.80. The van der Waals surface area contributed by atoms with Gasteiger partial charge in [0.25, 0.3) is 0 Å². The van der Waals surface area contributed by atoms with Crippen LogP contribution in [-0.4, -0.2) is 72.1 Å². The first-order valence-corrected chi connectivity index (χ1v) is 11.2. The fourth-order valence-corrected chi connectivity index (χ4v) is 3.94. The fraction of sp³-hybridized carbons (Fsp3) is 0.478. The SMILES string of the molecule is S.c1cnc2c(NC[C@@H]3CNCCO3)nc(-c3ccc(OCC4CCOCC4)nc3)cc2n1. The van der Waals surface area contributed by atoms with Gasteiger partial charge in [0, 0.05) is 63.1 Å². The summed E-state index contributed by atoms with van der Waals surface area (Å²) in [6.07, 6.45) is 7.34. The lowest BCUT2D eigenvalue weighted by Crippen LogP contribution is -2.42. The molecule has 5 rings (SSSR count). The molecular formula is C23H30N6O3S. The van der Waals surface area contributed by atoms with Crippen molar-refractivity contribution in [3.8, 4) is 17.1 Å². The number of nitrogens with zero attached hydrogens (tertiary/aromatic N) is 4. The highest BCUT2D eigenvalue weighted by Gasteiger charge is 2.17. The van der Waals surface area contributed by atoms with E-state index in [2.05, 4.69) is 25.6 Å². The van der Waals surface area contributed by atoms with Gasteiger partial charge in [0.15, 0.2) is 5.82 Å². The van der Waals surface area contributed by atoms with Gasteiger partial charge in [0.2, 0.25) is 5.88 Å². The molecule has 1 atom stereocenters. The summed E-state index contributed by atoms with van der Waals surface area (Å²) in [5.41, 5.74) is 3.20. The molecule has 0 aliphatic carbocycles. The van der Waals surface area contributed by atoms with Crippen molar-refractivity contribution in [2.24, 2.45) is 5.92 Å². The van der Waals surface area contributed by atoms with Crippen LogP contribution in [0.25, 0.3) is 22.3 Å². The number of nitrogens with one attached hydrogen (secondary N) is 2. The molecule has 0 aromatic carbocycles. The number of ether oxygens (including phenoxy) is 3. The van der Waals surface area contributed by atoms with Gasteiger partial charge in [-0.15, -0.1) is 0 Å². The van der Waals surface area contributed by atoms with Crippen molar-refractivity contribution >= 4 is 30.3 Å². The van der Waals surface area contributed by atoms with Crippen LogP contribution in [0.1, 0.15) is 12.8 Å². The zero-order valence-corrected chi connectivity index (χ0v) is 19.5. The second-order valence-corrected chi connectivity index (χ2v) is 8.11. The highest BCUT2D eigenvalue weighted by Crippen LogP contribution is 2.26. The highest BCUT2D eigenvalue weighted by atomic mass is 32.1. The molecule has 2 saturated heterocycles. The molecular weight excluding hydrogens is 440 g/mol. The standard InChI is InChI=1S/C23H28N6O3.H2S/c1-2-21(32-15-16-3-8-30-9-4-16)27-12-17(1)19-11-20-22(26-6-5-25-20)23(29-19)28-14-18-13-24-7-10-31-18;/h1-2,5-6,11-12,16,18,24H,3-4,7-10,13-15H2,(H,28,29);1H2/t18-;/m0./s1. The maximum absolute atomic E-state index is 5.89. The minimum atomic E-state index is 0. The Morgan fingerprint density at radius 1 is 1.09 bits per heavy atom. The largest absolute Gasteiger partial charge is 0.477 e. The van der Waals surface area contributed by atoms with Crippen LogP contribution in [0.3, 0.4) is 0 Å². The van der Waals surface area contributed by atoms with E-state index in [4.69, 9.17) is 19.2 Å². The van der Waals surface area contributed by atoms with Gasteiger partial charge < -0.3 is 24.8 Å². The van der Waals surface area contributed by atoms with Crippen LogP contribution >= 0.6 is 13.5 Å². The Bertz CT molecular complexity index is 1030. The summed E-state index contributed by atoms with van der Waals surface area (Å²) in [6, 6.07) is 5.81. The molecule has 0 unspecified atom stereocenters. The quantitative estimate of drug-likeness (QED) is 0.539. The number of anilines is 1. The molecule has 2 aliphatic rings. The van der Waals surface area contributed by atoms with E-state index in [0.717, 1.165) is 68.0 Å². The summed E-state index contributed by atoms with van der Waals surface area (Å²) in [5, 5.41) is 6.74. The van der Waals surface area contributed by atoms with Gasteiger partial charge in [0.05, 0.1) is 30.5 Å². The molecule has 2 fully saturated rings. The topological polar surface area (TPSA) is 103 Å². The molecule has 33 heavy (non-hydrogen) atoms. The lowest BCUT2D eigenvalue weighted by molar-refractivity contribution is 0.0372. The summed E-state index contributed by atoms with van der Waals surface area (Å²) < 4.78 is 17.1. The van der Waals surface area contributed by atoms with Crippen molar-refractivity contribution in [1.29, 1.82) is 0 Å². The minimum absolute atomic E-state index is 0. The van der Waals surface area contributed by atoms with E-state index in [9.17, 15) is 0 Å². The van der Waals surface area contributed by atoms with E-state index < -0.39 is 0 Å². The molecule has 0 bridgehead atoms. The van der Waals surface area contributed by atoms with E-state index in [1.54, 1.807) is 18.6 Å². The highest BCUT2D eigenvalue weighted by molar-refractivity contribution is 7.59. The number of fused-ring (bicyclic) bond motifs is 1. The van der Waals surface area contributed by atoms with Gasteiger partial charge >= 0.3 is 0 Å². The third kappa shape index (κ3) is 6.08. The first-order valence-electron chi connectivity index (χ1n) is 11.2. The minimum Gasteiger partial charge on any atom is -0.477 e. The van der Waals surface area contributed by atoms with E-state index in [0.29, 0.717) is 30.8 Å². The monoisotopic (exact) mass is 470 g/mol. The third-order valence-electron chi connectivity index (χ3n) is 5.80. The molecule has 2 N–H and O–H groups in total. The maximum atomic E-state index is 5.89. The molecule has 3 aromatic heterocycles. The normalized spacial score (nSPS) is 19.1. The molecule has 176 valence electrons. The van der Waals surface area contributed by atoms with Gasteiger partial charge in [-0.25, -0.2) is 15.0 Å². The molecule has 5 heterocycles. The van der Waals surface area contributed by atoms with Crippen molar-refractivity contribution in [3.63, 3.8) is 0 Å². The van der Waals surface area contributed by atoms with Gasteiger partial charge in [-0.1, -0.05) is 0 Å². The Labute approximate surface area is 200 Å². The maximum Gasteiger partial charge on any atom is 0.213 e. The van der Waals surface area contributed by atoms with Crippen LogP contribution in [0.5, 0.6) is 5.88 Å². The van der Waals surface area contributed by atoms with Crippen molar-refractivity contribution < 1.29 is 14.2 Å². The van der Waals surface area contributed by atoms with Crippen LogP contribution in [0.15, 0.2) is 36.8 Å². The van der Waals surface area contributed by atoms with E-state index in [1.807, 2.05) is 18.2 Å². The molecule has 9 nitrogen and oxygen atoms in total. The zero-order valence-electron chi connectivity index (χ0n) is 18.5. The second-order valence-electron chi connectivity index (χ2n) is 8.11. The van der Waals surface area contributed by atoms with Crippen LogP contribution in [0.2, 0.25) is 0 Å². The molecule has 0 spiro atoms. The first-order chi connectivity index (χ1) is 15.8. The van der Waals surface area contributed by atoms with Crippen molar-refractivity contribution in [2.45, 2.75) is 18.9 Å². The molecule has 0 saturated carbocycles. The lowest BCUT2D eigenvalue weighted by Gasteiger charge is -2.24. The lowest BCUT2D eigenvalue weighted by atomic mass is 10.0. The van der Waals surface area contributed by atoms with Crippen LogP contribution < -0.4 is 15.4 Å². The van der Waals surface area contributed by atoms with Gasteiger partial charge in [-0.3, -0.25) is 4.98 Å². The summed E-state index contributed by atoms with van der Waals surface area (Å²) in [7, 11) is 0. The van der Waals surface area contributed by atoms with Crippen molar-refractivity contribution in [2.75, 3.05) is 51.4 Å². The fourth-order valence-electron chi connectivity index (χ4n) is 3.94. The molecule has 3 aromatic rings. The average molecular weight is 471 g/mol. The Kier molecular flexibility index (Phi) is 8.27. The summed E-state index contributed by atoms with van der Waals surface area (Å²) >= 11 is 0. The van der Waals surface area contributed by atoms with E-state index in [1.165, 1.54) is 0 Å². The summed E-state index contributed by atoms with van der Waals surface area (Å²) in [5.74, 6) is 1.85. The summed E-state index contributed by atoms with van der Waals surface area (Å²) in [4.78, 5) is 18.3. The number of rotatable bonds is 7. The Balaban J connectivity index is 0.00000259. The van der Waals surface area contributed by atoms with Crippen molar-refractivity contribution in [3.05, 3.63) is 36.8 Å². The van der Waals surface area contributed by atoms with Gasteiger partial charge in [-0.2, -0.15) is 13.5 Å². The van der Waals surface area contributed by atoms with E-state index in [-0.39, 0.29) is 19.6 Å². The molecule has 2 aliphatic heterocycles. The number of hydrogen-bond acceptors (Lipinski definition) is 9. The van der Waals surface area contributed by atoms with Gasteiger partial charge in [0.1, 0.15) is 5.52 Å². The predicted molar refractivity (Wildman–Crippen MR) is 131 cm³/mol. The number of morpholine rings is 1. The number of pyridine rings is 2. The molecule has 0 amide bonds. The first kappa shape index (κ1) is 23.6. The van der Waals surface area contributed by atoms with Gasteiger partial charge in [-0.05, 0) is 30.9 Å². The Morgan fingerprint density at radius 3 is 2.76 bits per heavy atom. The summed E-state index contributed by atoms with van der Waals surface area (Å²) in [6.45, 7) is 5.37. The molecule has 10 heteroatoms. The Hall–Kier alpha value is -2.53. The average Bonchev–Trinajstić information content (AvgIpc) is 2.87. The smallest absolute Gasteiger partial charge is 0.213 e. The van der Waals surface area contributed by atoms with Crippen LogP contribution in [0.4, 0.5) is 5.82 Å². The molecule has 0 radical (unpaired) electrons. The Morgan fingerprint density at radius 2 is 1.97 bits per heavy atom. The number of aromatic nitrogens is 4.